The average Bonchev–Trinajstić information content (AvgIpc) is 3.16. The Morgan fingerprint density at radius 1 is 0.962 bits per heavy atom. The summed E-state index contributed by atoms with van der Waals surface area (Å²) >= 11 is 0. The number of rotatable bonds is 5. The quantitative estimate of drug-likeness (QED) is 0.898. The van der Waals surface area contributed by atoms with Gasteiger partial charge in [-0.2, -0.15) is 4.98 Å². The lowest BCUT2D eigenvalue weighted by Gasteiger charge is -2.35. The van der Waals surface area contributed by atoms with E-state index in [1.54, 1.807) is 6.20 Å². The van der Waals surface area contributed by atoms with Crippen LogP contribution in [-0.2, 0) is 6.42 Å². The fraction of sp³-hybridized carbons (Fsp3) is 0.524. The normalized spacial score (nSPS) is 22.0. The third kappa shape index (κ3) is 4.15. The molecule has 26 heavy (non-hydrogen) atoms. The molecule has 1 aromatic carbocycles. The molecule has 1 aromatic heterocycles. The van der Waals surface area contributed by atoms with Crippen molar-refractivity contribution in [3.8, 4) is 0 Å². The van der Waals surface area contributed by atoms with Crippen molar-refractivity contribution in [2.24, 2.45) is 11.8 Å². The van der Waals surface area contributed by atoms with E-state index in [1.807, 2.05) is 6.07 Å². The first-order chi connectivity index (χ1) is 12.8. The van der Waals surface area contributed by atoms with Crippen molar-refractivity contribution >= 4 is 11.8 Å². The van der Waals surface area contributed by atoms with Crippen LogP contribution >= 0.6 is 0 Å². The molecule has 0 amide bonds. The summed E-state index contributed by atoms with van der Waals surface area (Å²) in [4.78, 5) is 13.4. The summed E-state index contributed by atoms with van der Waals surface area (Å²) in [6, 6.07) is 12.8. The number of aromatic nitrogens is 2. The maximum atomic E-state index is 5.72. The largest absolute Gasteiger partial charge is 0.368 e. The Hall–Kier alpha value is -2.14. The van der Waals surface area contributed by atoms with Gasteiger partial charge in [0.05, 0.1) is 0 Å². The zero-order valence-electron chi connectivity index (χ0n) is 15.4. The Kier molecular flexibility index (Phi) is 5.34. The lowest BCUT2D eigenvalue weighted by atomic mass is 9.84. The molecule has 0 saturated carbocycles. The number of piperidine rings is 1. The first-order valence-corrected chi connectivity index (χ1v) is 9.88. The molecule has 4 rings (SSSR count). The molecule has 0 spiro atoms. The molecule has 0 bridgehead atoms. The second kappa shape index (κ2) is 8.04. The molecule has 2 saturated heterocycles. The maximum Gasteiger partial charge on any atom is 0.221 e. The Labute approximate surface area is 156 Å². The Morgan fingerprint density at radius 3 is 2.50 bits per heavy atom. The van der Waals surface area contributed by atoms with Crippen molar-refractivity contribution in [1.29, 1.82) is 0 Å². The SMILES string of the molecule is Nc1nccc(N2CCC([C@H]3CCN(CCc4ccccc4)C3)CC2)n1. The Bertz CT molecular complexity index is 697. The number of nitrogens with zero attached hydrogens (tertiary/aromatic N) is 4. The standard InChI is InChI=1S/C21H29N5/c22-21-23-11-6-20(24-21)26-14-9-18(10-15-26)19-8-13-25(16-19)12-7-17-4-2-1-3-5-17/h1-6,11,18-19H,7-10,12-16H2,(H2,22,23,24)/t19-/m0/s1. The number of hydrogen-bond acceptors (Lipinski definition) is 5. The maximum absolute atomic E-state index is 5.72. The predicted octanol–water partition coefficient (Wildman–Crippen LogP) is 2.84. The second-order valence-electron chi connectivity index (χ2n) is 7.68. The highest BCUT2D eigenvalue weighted by Crippen LogP contribution is 2.33. The molecule has 2 aliphatic heterocycles. The van der Waals surface area contributed by atoms with E-state index >= 15 is 0 Å². The van der Waals surface area contributed by atoms with Crippen LogP contribution in [0.4, 0.5) is 11.8 Å². The van der Waals surface area contributed by atoms with Crippen LogP contribution in [-0.4, -0.2) is 47.6 Å². The Morgan fingerprint density at radius 2 is 1.73 bits per heavy atom. The van der Waals surface area contributed by atoms with Crippen LogP contribution in [0.5, 0.6) is 0 Å². The lowest BCUT2D eigenvalue weighted by molar-refractivity contribution is 0.257. The van der Waals surface area contributed by atoms with E-state index < -0.39 is 0 Å². The fourth-order valence-corrected chi connectivity index (χ4v) is 4.52. The highest BCUT2D eigenvalue weighted by atomic mass is 15.2. The van der Waals surface area contributed by atoms with Crippen molar-refractivity contribution in [1.82, 2.24) is 14.9 Å². The van der Waals surface area contributed by atoms with Crippen molar-refractivity contribution < 1.29 is 0 Å². The minimum Gasteiger partial charge on any atom is -0.368 e. The smallest absolute Gasteiger partial charge is 0.221 e. The van der Waals surface area contributed by atoms with Gasteiger partial charge in [-0.3, -0.25) is 0 Å². The molecule has 2 aliphatic rings. The summed E-state index contributed by atoms with van der Waals surface area (Å²) in [5.41, 5.74) is 7.18. The van der Waals surface area contributed by atoms with E-state index in [0.29, 0.717) is 5.95 Å². The second-order valence-corrected chi connectivity index (χ2v) is 7.68. The molecule has 3 heterocycles. The first kappa shape index (κ1) is 17.3. The number of benzene rings is 1. The highest BCUT2D eigenvalue weighted by molar-refractivity contribution is 5.41. The first-order valence-electron chi connectivity index (χ1n) is 9.88. The van der Waals surface area contributed by atoms with Gasteiger partial charge in [0.2, 0.25) is 5.95 Å². The van der Waals surface area contributed by atoms with E-state index in [2.05, 4.69) is 50.1 Å². The predicted molar refractivity (Wildman–Crippen MR) is 106 cm³/mol. The molecule has 2 aromatic rings. The summed E-state index contributed by atoms with van der Waals surface area (Å²) in [7, 11) is 0. The number of likely N-dealkylation sites (tertiary alicyclic amines) is 1. The molecule has 0 unspecified atom stereocenters. The molecule has 0 radical (unpaired) electrons. The molecule has 138 valence electrons. The molecular weight excluding hydrogens is 322 g/mol. The minimum absolute atomic E-state index is 0.370. The molecular formula is C21H29N5. The lowest BCUT2D eigenvalue weighted by Crippen LogP contribution is -2.37. The third-order valence-corrected chi connectivity index (χ3v) is 6.06. The van der Waals surface area contributed by atoms with Gasteiger partial charge in [0.15, 0.2) is 0 Å². The van der Waals surface area contributed by atoms with Gasteiger partial charge < -0.3 is 15.5 Å². The van der Waals surface area contributed by atoms with Crippen molar-refractivity contribution in [2.75, 3.05) is 43.4 Å². The van der Waals surface area contributed by atoms with E-state index in [9.17, 15) is 0 Å². The van der Waals surface area contributed by atoms with Crippen LogP contribution in [0.15, 0.2) is 42.6 Å². The van der Waals surface area contributed by atoms with Gasteiger partial charge >= 0.3 is 0 Å². The van der Waals surface area contributed by atoms with Crippen LogP contribution in [0.1, 0.15) is 24.8 Å². The number of hydrogen-bond donors (Lipinski definition) is 1. The average molecular weight is 351 g/mol. The molecule has 0 aliphatic carbocycles. The summed E-state index contributed by atoms with van der Waals surface area (Å²) < 4.78 is 0. The van der Waals surface area contributed by atoms with E-state index in [0.717, 1.165) is 30.7 Å². The van der Waals surface area contributed by atoms with E-state index in [-0.39, 0.29) is 0 Å². The zero-order chi connectivity index (χ0) is 17.8. The van der Waals surface area contributed by atoms with Gasteiger partial charge in [-0.25, -0.2) is 4.98 Å². The van der Waals surface area contributed by atoms with Gasteiger partial charge in [-0.1, -0.05) is 30.3 Å². The summed E-state index contributed by atoms with van der Waals surface area (Å²) in [6.07, 6.45) is 6.81. The Balaban J connectivity index is 1.24. The van der Waals surface area contributed by atoms with Crippen molar-refractivity contribution in [3.05, 3.63) is 48.2 Å². The fourth-order valence-electron chi connectivity index (χ4n) is 4.52. The molecule has 2 fully saturated rings. The van der Waals surface area contributed by atoms with E-state index in [1.165, 1.54) is 50.9 Å². The zero-order valence-corrected chi connectivity index (χ0v) is 15.4. The summed E-state index contributed by atoms with van der Waals surface area (Å²) in [6.45, 7) is 5.90. The molecule has 1 atom stereocenters. The van der Waals surface area contributed by atoms with Gasteiger partial charge in [-0.05, 0) is 55.7 Å². The van der Waals surface area contributed by atoms with Crippen LogP contribution in [0, 0.1) is 11.8 Å². The van der Waals surface area contributed by atoms with Crippen LogP contribution in [0.2, 0.25) is 0 Å². The highest BCUT2D eigenvalue weighted by Gasteiger charge is 2.31. The van der Waals surface area contributed by atoms with Crippen molar-refractivity contribution in [3.63, 3.8) is 0 Å². The van der Waals surface area contributed by atoms with Crippen LogP contribution in [0.25, 0.3) is 0 Å². The number of nitrogens with two attached hydrogens (primary N) is 1. The van der Waals surface area contributed by atoms with Crippen molar-refractivity contribution in [2.45, 2.75) is 25.7 Å². The third-order valence-electron chi connectivity index (χ3n) is 6.06. The molecule has 5 nitrogen and oxygen atoms in total. The topological polar surface area (TPSA) is 58.3 Å². The molecule has 5 heteroatoms. The number of nitrogen functional groups attached to an aromatic ring is 1. The minimum atomic E-state index is 0.370. The van der Waals surface area contributed by atoms with Gasteiger partial charge in [0, 0.05) is 32.4 Å². The van der Waals surface area contributed by atoms with Gasteiger partial charge in [0.1, 0.15) is 5.82 Å². The number of anilines is 2. The van der Waals surface area contributed by atoms with Gasteiger partial charge in [-0.15, -0.1) is 0 Å². The van der Waals surface area contributed by atoms with Crippen LogP contribution < -0.4 is 10.6 Å². The van der Waals surface area contributed by atoms with E-state index in [4.69, 9.17) is 5.73 Å². The summed E-state index contributed by atoms with van der Waals surface area (Å²) in [5.74, 6) is 3.07. The molecule has 2 N–H and O–H groups in total. The monoisotopic (exact) mass is 351 g/mol. The van der Waals surface area contributed by atoms with Gasteiger partial charge in [0.25, 0.3) is 0 Å². The van der Waals surface area contributed by atoms with Crippen LogP contribution in [0.3, 0.4) is 0 Å². The summed E-state index contributed by atoms with van der Waals surface area (Å²) in [5, 5.41) is 0.